The molecule has 0 aromatic heterocycles. The number of hydrogen-bond donors (Lipinski definition) is 0. The van der Waals surface area contributed by atoms with Crippen LogP contribution in [0.1, 0.15) is 16.7 Å². The molecule has 2 aromatic rings. The molecule has 0 atom stereocenters. The van der Waals surface area contributed by atoms with Gasteiger partial charge in [0.1, 0.15) is 0 Å². The fourth-order valence-electron chi connectivity index (χ4n) is 2.95. The monoisotopic (exact) mass is 358 g/mol. The van der Waals surface area contributed by atoms with Crippen LogP contribution in [0.5, 0.6) is 0 Å². The van der Waals surface area contributed by atoms with E-state index in [0.717, 1.165) is 39.3 Å². The smallest absolute Gasteiger partial charge is 0.0235 e. The number of hydrogen-bond acceptors (Lipinski definition) is 2. The number of piperazine rings is 1. The summed E-state index contributed by atoms with van der Waals surface area (Å²) in [6.07, 6.45) is 0. The predicted octanol–water partition coefficient (Wildman–Crippen LogP) is 4.08. The molecule has 1 saturated heterocycles. The zero-order chi connectivity index (χ0) is 15.4. The molecule has 3 heteroatoms. The summed E-state index contributed by atoms with van der Waals surface area (Å²) in [7, 11) is 0. The largest absolute Gasteiger partial charge is 0.297 e. The van der Waals surface area contributed by atoms with E-state index in [1.807, 2.05) is 0 Å². The molecule has 0 amide bonds. The molecule has 1 fully saturated rings. The minimum Gasteiger partial charge on any atom is -0.297 e. The van der Waals surface area contributed by atoms with Gasteiger partial charge in [-0.3, -0.25) is 9.80 Å². The zero-order valence-electron chi connectivity index (χ0n) is 13.1. The average molecular weight is 359 g/mol. The van der Waals surface area contributed by atoms with Crippen molar-refractivity contribution in [3.63, 3.8) is 0 Å². The molecule has 0 unspecified atom stereocenters. The van der Waals surface area contributed by atoms with Crippen LogP contribution in [0.15, 0.2) is 53.0 Å². The molecule has 1 aliphatic rings. The van der Waals surface area contributed by atoms with Crippen molar-refractivity contribution in [1.29, 1.82) is 0 Å². The summed E-state index contributed by atoms with van der Waals surface area (Å²) >= 11 is 3.55. The van der Waals surface area contributed by atoms with E-state index in [1.54, 1.807) is 0 Å². The highest BCUT2D eigenvalue weighted by Gasteiger charge is 2.17. The first kappa shape index (κ1) is 15.7. The average Bonchev–Trinajstić information content (AvgIpc) is 2.52. The second-order valence-electron chi connectivity index (χ2n) is 6.17. The maximum atomic E-state index is 3.55. The van der Waals surface area contributed by atoms with Crippen LogP contribution >= 0.6 is 15.9 Å². The highest BCUT2D eigenvalue weighted by atomic mass is 79.9. The van der Waals surface area contributed by atoms with E-state index in [4.69, 9.17) is 0 Å². The molecule has 0 radical (unpaired) electrons. The summed E-state index contributed by atoms with van der Waals surface area (Å²) in [4.78, 5) is 5.11. The first-order chi connectivity index (χ1) is 10.7. The zero-order valence-corrected chi connectivity index (χ0v) is 14.7. The SMILES string of the molecule is Cc1ccc(CN2CCN(Cc3cccc(Br)c3)CC2)cc1. The molecule has 2 nitrogen and oxygen atoms in total. The van der Waals surface area contributed by atoms with Crippen molar-refractivity contribution in [2.24, 2.45) is 0 Å². The Bertz CT molecular complexity index is 601. The molecule has 116 valence electrons. The molecule has 0 saturated carbocycles. The standard InChI is InChI=1S/C19H23BrN2/c1-16-5-7-17(8-6-16)14-21-9-11-22(12-10-21)15-18-3-2-4-19(20)13-18/h2-8,13H,9-12,14-15H2,1H3. The van der Waals surface area contributed by atoms with E-state index in [1.165, 1.54) is 21.2 Å². The van der Waals surface area contributed by atoms with E-state index < -0.39 is 0 Å². The lowest BCUT2D eigenvalue weighted by Crippen LogP contribution is -2.45. The van der Waals surface area contributed by atoms with Crippen LogP contribution in [0, 0.1) is 6.92 Å². The third-order valence-electron chi connectivity index (χ3n) is 4.29. The molecule has 2 aromatic carbocycles. The molecule has 1 heterocycles. The molecule has 0 spiro atoms. The quantitative estimate of drug-likeness (QED) is 0.812. The Morgan fingerprint density at radius 3 is 2.00 bits per heavy atom. The molecule has 0 bridgehead atoms. The molecule has 3 rings (SSSR count). The van der Waals surface area contributed by atoms with Gasteiger partial charge in [0.15, 0.2) is 0 Å². The summed E-state index contributed by atoms with van der Waals surface area (Å²) < 4.78 is 1.17. The third kappa shape index (κ3) is 4.42. The van der Waals surface area contributed by atoms with E-state index in [2.05, 4.69) is 81.2 Å². The van der Waals surface area contributed by atoms with Gasteiger partial charge in [-0.25, -0.2) is 0 Å². The number of benzene rings is 2. The second-order valence-corrected chi connectivity index (χ2v) is 7.08. The van der Waals surface area contributed by atoms with Gasteiger partial charge in [-0.1, -0.05) is 57.9 Å². The normalized spacial score (nSPS) is 16.8. The third-order valence-corrected chi connectivity index (χ3v) is 4.78. The summed E-state index contributed by atoms with van der Waals surface area (Å²) in [5.74, 6) is 0. The maximum absolute atomic E-state index is 3.55. The van der Waals surface area contributed by atoms with Gasteiger partial charge in [-0.15, -0.1) is 0 Å². The minimum atomic E-state index is 1.05. The van der Waals surface area contributed by atoms with Crippen molar-refractivity contribution >= 4 is 15.9 Å². The summed E-state index contributed by atoms with van der Waals surface area (Å²) in [6.45, 7) is 8.88. The van der Waals surface area contributed by atoms with E-state index in [0.29, 0.717) is 0 Å². The van der Waals surface area contributed by atoms with Crippen LogP contribution in [0.2, 0.25) is 0 Å². The Morgan fingerprint density at radius 2 is 1.41 bits per heavy atom. The van der Waals surface area contributed by atoms with E-state index >= 15 is 0 Å². The van der Waals surface area contributed by atoms with Crippen molar-refractivity contribution in [2.45, 2.75) is 20.0 Å². The fourth-order valence-corrected chi connectivity index (χ4v) is 3.40. The van der Waals surface area contributed by atoms with Gasteiger partial charge in [0.25, 0.3) is 0 Å². The Balaban J connectivity index is 1.49. The van der Waals surface area contributed by atoms with Gasteiger partial charge in [-0.2, -0.15) is 0 Å². The predicted molar refractivity (Wildman–Crippen MR) is 95.9 cm³/mol. The maximum Gasteiger partial charge on any atom is 0.0235 e. The van der Waals surface area contributed by atoms with Crippen molar-refractivity contribution < 1.29 is 0 Å². The second kappa shape index (κ2) is 7.40. The summed E-state index contributed by atoms with van der Waals surface area (Å²) in [6, 6.07) is 17.6. The Kier molecular flexibility index (Phi) is 5.29. The van der Waals surface area contributed by atoms with Gasteiger partial charge in [-0.05, 0) is 30.2 Å². The van der Waals surface area contributed by atoms with Crippen LogP contribution < -0.4 is 0 Å². The van der Waals surface area contributed by atoms with Crippen LogP contribution in [-0.2, 0) is 13.1 Å². The molecular weight excluding hydrogens is 336 g/mol. The highest BCUT2D eigenvalue weighted by Crippen LogP contribution is 2.15. The summed E-state index contributed by atoms with van der Waals surface area (Å²) in [5.41, 5.74) is 4.15. The lowest BCUT2D eigenvalue weighted by atomic mass is 10.1. The van der Waals surface area contributed by atoms with Crippen LogP contribution in [-0.4, -0.2) is 36.0 Å². The number of aryl methyl sites for hydroxylation is 1. The number of halogens is 1. The molecule has 1 aliphatic heterocycles. The van der Waals surface area contributed by atoms with E-state index in [9.17, 15) is 0 Å². The lowest BCUT2D eigenvalue weighted by molar-refractivity contribution is 0.122. The molecule has 0 aliphatic carbocycles. The summed E-state index contributed by atoms with van der Waals surface area (Å²) in [5, 5.41) is 0. The number of nitrogens with zero attached hydrogens (tertiary/aromatic N) is 2. The van der Waals surface area contributed by atoms with Crippen molar-refractivity contribution in [2.75, 3.05) is 26.2 Å². The first-order valence-electron chi connectivity index (χ1n) is 7.94. The van der Waals surface area contributed by atoms with Gasteiger partial charge in [0.2, 0.25) is 0 Å². The van der Waals surface area contributed by atoms with Gasteiger partial charge >= 0.3 is 0 Å². The minimum absolute atomic E-state index is 1.05. The first-order valence-corrected chi connectivity index (χ1v) is 8.73. The van der Waals surface area contributed by atoms with Crippen molar-refractivity contribution in [1.82, 2.24) is 9.80 Å². The van der Waals surface area contributed by atoms with Crippen molar-refractivity contribution in [3.8, 4) is 0 Å². The molecule has 22 heavy (non-hydrogen) atoms. The molecule has 0 N–H and O–H groups in total. The number of rotatable bonds is 4. The fraction of sp³-hybridized carbons (Fsp3) is 0.368. The Hall–Kier alpha value is -1.16. The van der Waals surface area contributed by atoms with Gasteiger partial charge < -0.3 is 0 Å². The van der Waals surface area contributed by atoms with Gasteiger partial charge in [0.05, 0.1) is 0 Å². The van der Waals surface area contributed by atoms with Crippen LogP contribution in [0.3, 0.4) is 0 Å². The topological polar surface area (TPSA) is 6.48 Å². The Labute approximate surface area is 141 Å². The lowest BCUT2D eigenvalue weighted by Gasteiger charge is -2.34. The van der Waals surface area contributed by atoms with Gasteiger partial charge in [0, 0.05) is 43.7 Å². The highest BCUT2D eigenvalue weighted by molar-refractivity contribution is 9.10. The van der Waals surface area contributed by atoms with Crippen molar-refractivity contribution in [3.05, 3.63) is 69.7 Å². The molecular formula is C19H23BrN2. The van der Waals surface area contributed by atoms with Crippen LogP contribution in [0.4, 0.5) is 0 Å². The van der Waals surface area contributed by atoms with Crippen LogP contribution in [0.25, 0.3) is 0 Å². The Morgan fingerprint density at radius 1 is 0.818 bits per heavy atom. The van der Waals surface area contributed by atoms with E-state index in [-0.39, 0.29) is 0 Å².